The zero-order valence-corrected chi connectivity index (χ0v) is 7.30. The van der Waals surface area contributed by atoms with Gasteiger partial charge < -0.3 is 5.73 Å². The van der Waals surface area contributed by atoms with Gasteiger partial charge in [-0.2, -0.15) is 5.10 Å². The van der Waals surface area contributed by atoms with Gasteiger partial charge in [-0.25, -0.2) is 4.98 Å². The van der Waals surface area contributed by atoms with E-state index in [1.165, 1.54) is 6.42 Å². The quantitative estimate of drug-likeness (QED) is 0.672. The Kier molecular flexibility index (Phi) is 1.65. The molecule has 12 heavy (non-hydrogen) atoms. The second-order valence-corrected chi connectivity index (χ2v) is 3.58. The molecule has 0 atom stereocenters. The maximum atomic E-state index is 5.72. The Labute approximate surface area is 71.6 Å². The summed E-state index contributed by atoms with van der Waals surface area (Å²) in [7, 11) is 0. The van der Waals surface area contributed by atoms with Crippen LogP contribution in [0.1, 0.15) is 30.9 Å². The molecular weight excluding hydrogens is 152 g/mol. The van der Waals surface area contributed by atoms with Gasteiger partial charge in [-0.3, -0.25) is 5.10 Å². The summed E-state index contributed by atoms with van der Waals surface area (Å²) < 4.78 is 0. The predicted molar refractivity (Wildman–Crippen MR) is 45.7 cm³/mol. The van der Waals surface area contributed by atoms with E-state index in [1.54, 1.807) is 0 Å². The molecule has 4 heteroatoms. The normalized spacial score (nSPS) is 20.5. The lowest BCUT2D eigenvalue weighted by atomic mass is 9.68. The Morgan fingerprint density at radius 2 is 2.33 bits per heavy atom. The van der Waals surface area contributed by atoms with E-state index < -0.39 is 0 Å². The zero-order valence-electron chi connectivity index (χ0n) is 7.30. The first-order chi connectivity index (χ1) is 5.77. The van der Waals surface area contributed by atoms with Crippen molar-refractivity contribution in [1.82, 2.24) is 15.2 Å². The molecule has 1 heterocycles. The van der Waals surface area contributed by atoms with Crippen LogP contribution in [-0.2, 0) is 5.41 Å². The predicted octanol–water partition coefficient (Wildman–Crippen LogP) is 0.494. The van der Waals surface area contributed by atoms with Crippen LogP contribution in [0.3, 0.4) is 0 Å². The molecule has 3 N–H and O–H groups in total. The third kappa shape index (κ3) is 0.948. The minimum Gasteiger partial charge on any atom is -0.329 e. The summed E-state index contributed by atoms with van der Waals surface area (Å²) in [6.45, 7) is 2.59. The Morgan fingerprint density at radius 3 is 2.67 bits per heavy atom. The van der Waals surface area contributed by atoms with Gasteiger partial charge in [0.25, 0.3) is 0 Å². The Hall–Kier alpha value is -0.900. The molecule has 1 aliphatic rings. The standard InChI is InChI=1S/C8H14N4/c1-6-10-7(12-11-6)8(5-9)3-2-4-8/h2-5,9H2,1H3,(H,10,11,12). The van der Waals surface area contributed by atoms with Crippen molar-refractivity contribution in [2.24, 2.45) is 5.73 Å². The largest absolute Gasteiger partial charge is 0.329 e. The molecule has 2 rings (SSSR count). The van der Waals surface area contributed by atoms with Gasteiger partial charge in [-0.1, -0.05) is 6.42 Å². The maximum absolute atomic E-state index is 5.72. The summed E-state index contributed by atoms with van der Waals surface area (Å²) in [4.78, 5) is 4.33. The Morgan fingerprint density at radius 1 is 1.58 bits per heavy atom. The molecule has 0 saturated heterocycles. The van der Waals surface area contributed by atoms with Crippen LogP contribution in [0.15, 0.2) is 0 Å². The van der Waals surface area contributed by atoms with Crippen LogP contribution in [0, 0.1) is 6.92 Å². The van der Waals surface area contributed by atoms with E-state index >= 15 is 0 Å². The van der Waals surface area contributed by atoms with Crippen molar-refractivity contribution in [2.75, 3.05) is 6.54 Å². The first-order valence-corrected chi connectivity index (χ1v) is 4.36. The number of rotatable bonds is 2. The summed E-state index contributed by atoms with van der Waals surface area (Å²) in [6, 6.07) is 0. The fourth-order valence-corrected chi connectivity index (χ4v) is 1.70. The average molecular weight is 166 g/mol. The van der Waals surface area contributed by atoms with Gasteiger partial charge in [-0.05, 0) is 19.8 Å². The number of hydrogen-bond donors (Lipinski definition) is 2. The van der Waals surface area contributed by atoms with E-state index in [-0.39, 0.29) is 5.41 Å². The molecule has 0 bridgehead atoms. The summed E-state index contributed by atoms with van der Waals surface area (Å²) in [5.74, 6) is 1.79. The monoisotopic (exact) mass is 166 g/mol. The van der Waals surface area contributed by atoms with Crippen LogP contribution in [0.4, 0.5) is 0 Å². The van der Waals surface area contributed by atoms with E-state index in [1.807, 2.05) is 6.92 Å². The maximum Gasteiger partial charge on any atom is 0.158 e. The molecule has 0 unspecified atom stereocenters. The molecular formula is C8H14N4. The molecule has 1 aromatic rings. The van der Waals surface area contributed by atoms with E-state index in [0.717, 1.165) is 24.5 Å². The third-order valence-corrected chi connectivity index (χ3v) is 2.77. The van der Waals surface area contributed by atoms with Crippen LogP contribution >= 0.6 is 0 Å². The summed E-state index contributed by atoms with van der Waals surface area (Å²) in [5.41, 5.74) is 5.82. The lowest BCUT2D eigenvalue weighted by molar-refractivity contribution is 0.238. The molecule has 0 aliphatic heterocycles. The van der Waals surface area contributed by atoms with E-state index in [4.69, 9.17) is 5.73 Å². The van der Waals surface area contributed by atoms with Crippen molar-refractivity contribution in [3.8, 4) is 0 Å². The number of H-pyrrole nitrogens is 1. The molecule has 1 fully saturated rings. The number of nitrogens with zero attached hydrogens (tertiary/aromatic N) is 2. The molecule has 0 amide bonds. The zero-order chi connectivity index (χ0) is 8.60. The van der Waals surface area contributed by atoms with Crippen molar-refractivity contribution in [3.63, 3.8) is 0 Å². The molecule has 0 spiro atoms. The highest BCUT2D eigenvalue weighted by Gasteiger charge is 2.40. The minimum atomic E-state index is 0.102. The van der Waals surface area contributed by atoms with Crippen LogP contribution < -0.4 is 5.73 Å². The van der Waals surface area contributed by atoms with Crippen molar-refractivity contribution in [2.45, 2.75) is 31.6 Å². The second kappa shape index (κ2) is 2.55. The number of aromatic nitrogens is 3. The summed E-state index contributed by atoms with van der Waals surface area (Å²) in [6.07, 6.45) is 3.53. The van der Waals surface area contributed by atoms with Gasteiger partial charge in [0.15, 0.2) is 5.82 Å². The molecule has 66 valence electrons. The summed E-state index contributed by atoms with van der Waals surface area (Å²) >= 11 is 0. The fraction of sp³-hybridized carbons (Fsp3) is 0.750. The number of aryl methyl sites for hydroxylation is 1. The van der Waals surface area contributed by atoms with E-state index in [9.17, 15) is 0 Å². The highest BCUT2D eigenvalue weighted by molar-refractivity contribution is 5.13. The molecule has 0 aromatic carbocycles. The first-order valence-electron chi connectivity index (χ1n) is 4.36. The van der Waals surface area contributed by atoms with Crippen LogP contribution in [-0.4, -0.2) is 21.7 Å². The molecule has 0 radical (unpaired) electrons. The smallest absolute Gasteiger partial charge is 0.158 e. The van der Waals surface area contributed by atoms with Gasteiger partial charge in [0.2, 0.25) is 0 Å². The third-order valence-electron chi connectivity index (χ3n) is 2.77. The number of aromatic amines is 1. The topological polar surface area (TPSA) is 67.6 Å². The summed E-state index contributed by atoms with van der Waals surface area (Å²) in [5, 5.41) is 7.02. The SMILES string of the molecule is Cc1nc(C2(CN)CCC2)n[nH]1. The first kappa shape index (κ1) is 7.73. The van der Waals surface area contributed by atoms with Crippen molar-refractivity contribution in [1.29, 1.82) is 0 Å². The van der Waals surface area contributed by atoms with E-state index in [2.05, 4.69) is 15.2 Å². The number of hydrogen-bond acceptors (Lipinski definition) is 3. The molecule has 1 aromatic heterocycles. The van der Waals surface area contributed by atoms with Gasteiger partial charge in [0.05, 0.1) is 0 Å². The second-order valence-electron chi connectivity index (χ2n) is 3.58. The lowest BCUT2D eigenvalue weighted by Crippen LogP contribution is -2.42. The fourth-order valence-electron chi connectivity index (χ4n) is 1.70. The molecule has 1 aliphatic carbocycles. The lowest BCUT2D eigenvalue weighted by Gasteiger charge is -2.38. The van der Waals surface area contributed by atoms with Crippen LogP contribution in [0.5, 0.6) is 0 Å². The molecule has 1 saturated carbocycles. The Bertz CT molecular complexity index is 269. The molecule has 4 nitrogen and oxygen atoms in total. The highest BCUT2D eigenvalue weighted by atomic mass is 15.2. The highest BCUT2D eigenvalue weighted by Crippen LogP contribution is 2.40. The van der Waals surface area contributed by atoms with Crippen molar-refractivity contribution < 1.29 is 0 Å². The van der Waals surface area contributed by atoms with Gasteiger partial charge >= 0.3 is 0 Å². The Balaban J connectivity index is 2.27. The number of nitrogens with one attached hydrogen (secondary N) is 1. The van der Waals surface area contributed by atoms with Gasteiger partial charge in [0.1, 0.15) is 5.82 Å². The van der Waals surface area contributed by atoms with Crippen LogP contribution in [0.25, 0.3) is 0 Å². The van der Waals surface area contributed by atoms with Gasteiger partial charge in [0, 0.05) is 12.0 Å². The van der Waals surface area contributed by atoms with E-state index in [0.29, 0.717) is 6.54 Å². The van der Waals surface area contributed by atoms with Gasteiger partial charge in [-0.15, -0.1) is 0 Å². The van der Waals surface area contributed by atoms with Crippen LogP contribution in [0.2, 0.25) is 0 Å². The minimum absolute atomic E-state index is 0.102. The van der Waals surface area contributed by atoms with Crippen molar-refractivity contribution in [3.05, 3.63) is 11.6 Å². The van der Waals surface area contributed by atoms with Crippen molar-refractivity contribution >= 4 is 0 Å². The average Bonchev–Trinajstić information content (AvgIpc) is 2.35. The number of nitrogens with two attached hydrogens (primary N) is 1.